The highest BCUT2D eigenvalue weighted by molar-refractivity contribution is 5.74. The third-order valence-electron chi connectivity index (χ3n) is 2.53. The number of carbonyl (C=O) groups is 1. The third-order valence-corrected chi connectivity index (χ3v) is 2.53. The molecule has 0 bridgehead atoms. The lowest BCUT2D eigenvalue weighted by atomic mass is 9.85. The maximum Gasteiger partial charge on any atom is 0.394 e. The molecule has 16 heavy (non-hydrogen) atoms. The average Bonchev–Trinajstić information content (AvgIpc) is 2.16. The minimum Gasteiger partial charge on any atom is -0.298 e. The minimum atomic E-state index is -4.23. The average molecular weight is 230 g/mol. The van der Waals surface area contributed by atoms with E-state index in [-0.39, 0.29) is 6.42 Å². The first-order valence-electron chi connectivity index (χ1n) is 4.87. The molecule has 0 unspecified atom stereocenters. The van der Waals surface area contributed by atoms with E-state index >= 15 is 0 Å². The van der Waals surface area contributed by atoms with Crippen LogP contribution in [0.25, 0.3) is 0 Å². The Bertz CT molecular complexity index is 363. The highest BCUT2D eigenvalue weighted by Gasteiger charge is 2.46. The summed E-state index contributed by atoms with van der Waals surface area (Å²) in [4.78, 5) is 10.4. The van der Waals surface area contributed by atoms with Crippen LogP contribution in [0.4, 0.5) is 13.2 Å². The number of aldehydes is 1. The van der Waals surface area contributed by atoms with E-state index in [0.717, 1.165) is 0 Å². The molecule has 1 aromatic rings. The van der Waals surface area contributed by atoms with Crippen LogP contribution in [-0.2, 0) is 6.42 Å². The largest absolute Gasteiger partial charge is 0.394 e. The van der Waals surface area contributed by atoms with Gasteiger partial charge in [-0.1, -0.05) is 38.1 Å². The van der Waals surface area contributed by atoms with Crippen LogP contribution in [0.5, 0.6) is 0 Å². The fourth-order valence-corrected chi connectivity index (χ4v) is 1.32. The summed E-state index contributed by atoms with van der Waals surface area (Å²) >= 11 is 0. The van der Waals surface area contributed by atoms with Gasteiger partial charge in [-0.05, 0) is 12.0 Å². The van der Waals surface area contributed by atoms with Crippen molar-refractivity contribution in [2.24, 2.45) is 5.41 Å². The van der Waals surface area contributed by atoms with Crippen molar-refractivity contribution >= 4 is 6.29 Å². The second kappa shape index (κ2) is 4.28. The highest BCUT2D eigenvalue weighted by atomic mass is 19.4. The first kappa shape index (κ1) is 12.7. The summed E-state index contributed by atoms with van der Waals surface area (Å²) in [6.45, 7) is 2.33. The number of benzene rings is 1. The van der Waals surface area contributed by atoms with Gasteiger partial charge in [0.15, 0.2) is 0 Å². The van der Waals surface area contributed by atoms with Gasteiger partial charge in [0.2, 0.25) is 0 Å². The van der Waals surface area contributed by atoms with Crippen LogP contribution in [0, 0.1) is 5.41 Å². The molecule has 0 fully saturated rings. The van der Waals surface area contributed by atoms with Gasteiger partial charge in [-0.2, -0.15) is 13.2 Å². The molecule has 0 atom stereocenters. The molecule has 0 saturated carbocycles. The molecule has 88 valence electrons. The Balaban J connectivity index is 2.84. The Morgan fingerprint density at radius 1 is 1.12 bits per heavy atom. The van der Waals surface area contributed by atoms with E-state index in [4.69, 9.17) is 0 Å². The van der Waals surface area contributed by atoms with Crippen molar-refractivity contribution in [3.63, 3.8) is 0 Å². The number of halogens is 3. The number of hydrogen-bond acceptors (Lipinski definition) is 1. The third kappa shape index (κ3) is 2.84. The van der Waals surface area contributed by atoms with E-state index in [1.54, 1.807) is 12.1 Å². The van der Waals surface area contributed by atoms with Crippen LogP contribution in [0.15, 0.2) is 24.3 Å². The predicted octanol–water partition coefficient (Wildman–Crippen LogP) is 3.63. The second-order valence-corrected chi connectivity index (χ2v) is 4.42. The number of hydrogen-bond donors (Lipinski definition) is 0. The van der Waals surface area contributed by atoms with Crippen molar-refractivity contribution in [1.82, 2.24) is 0 Å². The van der Waals surface area contributed by atoms with Crippen LogP contribution in [0.2, 0.25) is 0 Å². The maximum atomic E-state index is 12.6. The highest BCUT2D eigenvalue weighted by Crippen LogP contribution is 2.40. The normalized spacial score (nSPS) is 12.6. The molecule has 1 aromatic carbocycles. The van der Waals surface area contributed by atoms with Crippen molar-refractivity contribution in [3.8, 4) is 0 Å². The van der Waals surface area contributed by atoms with Crippen LogP contribution in [0.3, 0.4) is 0 Å². The Labute approximate surface area is 92.3 Å². The zero-order valence-corrected chi connectivity index (χ0v) is 9.14. The fraction of sp³-hybridized carbons (Fsp3) is 0.417. The molecule has 4 heteroatoms. The molecule has 0 aliphatic rings. The quantitative estimate of drug-likeness (QED) is 0.724. The van der Waals surface area contributed by atoms with E-state index in [2.05, 4.69) is 0 Å². The molecule has 0 radical (unpaired) electrons. The Kier molecular flexibility index (Phi) is 3.41. The lowest BCUT2D eigenvalue weighted by Crippen LogP contribution is -2.34. The van der Waals surface area contributed by atoms with E-state index in [1.807, 2.05) is 0 Å². The van der Waals surface area contributed by atoms with Crippen molar-refractivity contribution in [2.45, 2.75) is 26.4 Å². The molecule has 0 amide bonds. The molecule has 0 aliphatic carbocycles. The monoisotopic (exact) mass is 230 g/mol. The van der Waals surface area contributed by atoms with Gasteiger partial charge in [0, 0.05) is 5.56 Å². The van der Waals surface area contributed by atoms with E-state index < -0.39 is 11.6 Å². The van der Waals surface area contributed by atoms with Crippen LogP contribution in [-0.4, -0.2) is 12.5 Å². The SMILES string of the molecule is CC(C)(Cc1ccc(C=O)cc1)C(F)(F)F. The Hall–Kier alpha value is -1.32. The molecule has 0 spiro atoms. The van der Waals surface area contributed by atoms with Crippen molar-refractivity contribution < 1.29 is 18.0 Å². The van der Waals surface area contributed by atoms with E-state index in [0.29, 0.717) is 17.4 Å². The van der Waals surface area contributed by atoms with Crippen molar-refractivity contribution in [3.05, 3.63) is 35.4 Å². The molecule has 0 saturated heterocycles. The Morgan fingerprint density at radius 2 is 1.62 bits per heavy atom. The van der Waals surface area contributed by atoms with Gasteiger partial charge in [-0.15, -0.1) is 0 Å². The van der Waals surface area contributed by atoms with Crippen LogP contribution < -0.4 is 0 Å². The van der Waals surface area contributed by atoms with Gasteiger partial charge in [-0.3, -0.25) is 4.79 Å². The van der Waals surface area contributed by atoms with Crippen LogP contribution in [0.1, 0.15) is 29.8 Å². The summed E-state index contributed by atoms with van der Waals surface area (Å²) in [7, 11) is 0. The maximum absolute atomic E-state index is 12.6. The summed E-state index contributed by atoms with van der Waals surface area (Å²) in [6, 6.07) is 6.15. The standard InChI is InChI=1S/C12H13F3O/c1-11(2,12(13,14)15)7-9-3-5-10(8-16)6-4-9/h3-6,8H,7H2,1-2H3. The van der Waals surface area contributed by atoms with Gasteiger partial charge in [0.1, 0.15) is 6.29 Å². The van der Waals surface area contributed by atoms with Gasteiger partial charge in [0.25, 0.3) is 0 Å². The first-order valence-corrected chi connectivity index (χ1v) is 4.87. The zero-order valence-electron chi connectivity index (χ0n) is 9.14. The summed E-state index contributed by atoms with van der Waals surface area (Å²) in [6.07, 6.45) is -3.65. The summed E-state index contributed by atoms with van der Waals surface area (Å²) in [5.74, 6) is 0. The summed E-state index contributed by atoms with van der Waals surface area (Å²) in [5.41, 5.74) is -0.711. The smallest absolute Gasteiger partial charge is 0.298 e. The van der Waals surface area contributed by atoms with E-state index in [1.165, 1.54) is 26.0 Å². The molecule has 0 heterocycles. The number of alkyl halides is 3. The topological polar surface area (TPSA) is 17.1 Å². The van der Waals surface area contributed by atoms with Gasteiger partial charge >= 0.3 is 6.18 Å². The van der Waals surface area contributed by atoms with Gasteiger partial charge in [-0.25, -0.2) is 0 Å². The van der Waals surface area contributed by atoms with Crippen LogP contribution >= 0.6 is 0 Å². The zero-order chi connectivity index (χ0) is 12.4. The fourth-order valence-electron chi connectivity index (χ4n) is 1.32. The predicted molar refractivity (Wildman–Crippen MR) is 55.4 cm³/mol. The second-order valence-electron chi connectivity index (χ2n) is 4.42. The van der Waals surface area contributed by atoms with Crippen molar-refractivity contribution in [1.29, 1.82) is 0 Å². The van der Waals surface area contributed by atoms with Gasteiger partial charge in [0.05, 0.1) is 5.41 Å². The number of carbonyl (C=O) groups excluding carboxylic acids is 1. The van der Waals surface area contributed by atoms with Gasteiger partial charge < -0.3 is 0 Å². The molecular formula is C12H13F3O. The molecule has 0 N–H and O–H groups in total. The first-order chi connectivity index (χ1) is 7.26. The van der Waals surface area contributed by atoms with E-state index in [9.17, 15) is 18.0 Å². The summed E-state index contributed by atoms with van der Waals surface area (Å²) in [5, 5.41) is 0. The lowest BCUT2D eigenvalue weighted by molar-refractivity contribution is -0.211. The van der Waals surface area contributed by atoms with Crippen molar-refractivity contribution in [2.75, 3.05) is 0 Å². The number of rotatable bonds is 3. The lowest BCUT2D eigenvalue weighted by Gasteiger charge is -2.27. The molecule has 0 aromatic heterocycles. The summed E-state index contributed by atoms with van der Waals surface area (Å²) < 4.78 is 37.8. The molecule has 0 aliphatic heterocycles. The molecule has 1 rings (SSSR count). The Morgan fingerprint density at radius 3 is 2.00 bits per heavy atom. The molecular weight excluding hydrogens is 217 g/mol. The molecule has 1 nitrogen and oxygen atoms in total. The minimum absolute atomic E-state index is 0.0877.